The minimum Gasteiger partial charge on any atom is -0.490 e. The van der Waals surface area contributed by atoms with Crippen LogP contribution in [0.5, 0.6) is 11.5 Å². The van der Waals surface area contributed by atoms with E-state index in [2.05, 4.69) is 16.6 Å². The monoisotopic (exact) mass is 173 g/mol. The molecule has 1 aromatic carbocycles. The second-order valence-corrected chi connectivity index (χ2v) is 1.99. The maximum Gasteiger partial charge on any atom is 0.387 e. The van der Waals surface area contributed by atoms with Gasteiger partial charge in [-0.15, -0.1) is 0 Å². The lowest BCUT2D eigenvalue weighted by Gasteiger charge is -2.04. The smallest absolute Gasteiger partial charge is 0.387 e. The second kappa shape index (κ2) is 3.90. The van der Waals surface area contributed by atoms with Crippen LogP contribution >= 0.6 is 0 Å². The lowest BCUT2D eigenvalue weighted by atomic mass is 10.3. The van der Waals surface area contributed by atoms with Crippen LogP contribution in [0, 0.1) is 7.11 Å². The molecule has 1 aromatic rings. The van der Waals surface area contributed by atoms with Crippen LogP contribution in [0.25, 0.3) is 0 Å². The molecule has 0 atom stereocenters. The number of hydrogen-bond donors (Lipinski definition) is 0. The van der Waals surface area contributed by atoms with Gasteiger partial charge in [0.1, 0.15) is 18.6 Å². The molecule has 0 aliphatic carbocycles. The van der Waals surface area contributed by atoms with Crippen molar-refractivity contribution in [1.29, 1.82) is 0 Å². The molecule has 12 heavy (non-hydrogen) atoms. The number of benzene rings is 1. The predicted molar refractivity (Wildman–Crippen MR) is 39.1 cm³/mol. The van der Waals surface area contributed by atoms with Crippen LogP contribution in [0.15, 0.2) is 24.3 Å². The van der Waals surface area contributed by atoms with Crippen molar-refractivity contribution in [3.05, 3.63) is 31.4 Å². The summed E-state index contributed by atoms with van der Waals surface area (Å²) in [4.78, 5) is 0. The van der Waals surface area contributed by atoms with E-state index in [1.54, 1.807) is 0 Å². The molecule has 0 aromatic heterocycles. The zero-order valence-electron chi connectivity index (χ0n) is 6.17. The minimum absolute atomic E-state index is 0.103. The maximum absolute atomic E-state index is 11.6. The molecule has 0 saturated carbocycles. The molecule has 0 bridgehead atoms. The molecule has 0 amide bonds. The fourth-order valence-corrected chi connectivity index (χ4v) is 0.717. The third-order valence-corrected chi connectivity index (χ3v) is 1.22. The zero-order chi connectivity index (χ0) is 8.97. The molecule has 0 N–H and O–H groups in total. The predicted octanol–water partition coefficient (Wildman–Crippen LogP) is 2.46. The maximum atomic E-state index is 11.6. The lowest BCUT2D eigenvalue weighted by molar-refractivity contribution is -0.0498. The van der Waals surface area contributed by atoms with E-state index in [9.17, 15) is 8.78 Å². The van der Waals surface area contributed by atoms with Crippen LogP contribution in [0.4, 0.5) is 8.78 Å². The van der Waals surface area contributed by atoms with Crippen molar-refractivity contribution in [1.82, 2.24) is 0 Å². The van der Waals surface area contributed by atoms with Crippen LogP contribution in [0.2, 0.25) is 0 Å². The van der Waals surface area contributed by atoms with Crippen molar-refractivity contribution in [2.24, 2.45) is 0 Å². The van der Waals surface area contributed by atoms with E-state index in [1.165, 1.54) is 24.3 Å². The first-order valence-electron chi connectivity index (χ1n) is 3.19. The van der Waals surface area contributed by atoms with Crippen molar-refractivity contribution >= 4 is 0 Å². The summed E-state index contributed by atoms with van der Waals surface area (Å²) in [7, 11) is 3.16. The first kappa shape index (κ1) is 8.77. The van der Waals surface area contributed by atoms with Gasteiger partial charge in [0.2, 0.25) is 0 Å². The molecule has 1 rings (SSSR count). The number of ether oxygens (including phenoxy) is 2. The van der Waals surface area contributed by atoms with Crippen LogP contribution < -0.4 is 9.47 Å². The summed E-state index contributed by atoms with van der Waals surface area (Å²) < 4.78 is 32.0. The molecule has 0 aliphatic rings. The highest BCUT2D eigenvalue weighted by Crippen LogP contribution is 2.18. The summed E-state index contributed by atoms with van der Waals surface area (Å²) in [6.45, 7) is -2.79. The third-order valence-electron chi connectivity index (χ3n) is 1.22. The van der Waals surface area contributed by atoms with Crippen molar-refractivity contribution in [2.75, 3.05) is 0 Å². The lowest BCUT2D eigenvalue weighted by Crippen LogP contribution is -2.01. The summed E-state index contributed by atoms with van der Waals surface area (Å²) >= 11 is 0. The molecule has 0 aliphatic heterocycles. The topological polar surface area (TPSA) is 18.5 Å². The molecule has 65 valence electrons. The molecule has 0 heterocycles. The van der Waals surface area contributed by atoms with Crippen LogP contribution in [-0.2, 0) is 0 Å². The van der Waals surface area contributed by atoms with Gasteiger partial charge in [-0.1, -0.05) is 0 Å². The van der Waals surface area contributed by atoms with Gasteiger partial charge in [0.15, 0.2) is 0 Å². The Balaban J connectivity index is 2.65. The van der Waals surface area contributed by atoms with Crippen molar-refractivity contribution in [2.45, 2.75) is 6.61 Å². The highest BCUT2D eigenvalue weighted by atomic mass is 19.3. The average molecular weight is 173 g/mol. The van der Waals surface area contributed by atoms with E-state index in [0.717, 1.165) is 0 Å². The molecule has 0 saturated heterocycles. The van der Waals surface area contributed by atoms with Gasteiger partial charge in [0.05, 0.1) is 0 Å². The van der Waals surface area contributed by atoms with E-state index in [1.807, 2.05) is 0 Å². The van der Waals surface area contributed by atoms with Crippen LogP contribution in [0.1, 0.15) is 0 Å². The Morgan fingerprint density at radius 2 is 1.58 bits per heavy atom. The number of rotatable bonds is 3. The van der Waals surface area contributed by atoms with Crippen molar-refractivity contribution in [3.63, 3.8) is 0 Å². The molecule has 2 nitrogen and oxygen atoms in total. The summed E-state index contributed by atoms with van der Waals surface area (Å²) in [5.74, 6) is 0.599. The Morgan fingerprint density at radius 1 is 1.08 bits per heavy atom. The van der Waals surface area contributed by atoms with Gasteiger partial charge in [-0.05, 0) is 24.3 Å². The Bertz CT molecular complexity index is 233. The molecule has 0 fully saturated rings. The SMILES string of the molecule is [CH2]Oc1ccc(OC(F)F)cc1. The van der Waals surface area contributed by atoms with Gasteiger partial charge < -0.3 is 9.47 Å². The Labute approximate surface area is 68.7 Å². The fourth-order valence-electron chi connectivity index (χ4n) is 0.717. The van der Waals surface area contributed by atoms with Crippen LogP contribution in [-0.4, -0.2) is 6.61 Å². The average Bonchev–Trinajstić information content (AvgIpc) is 2.05. The number of hydrogen-bond acceptors (Lipinski definition) is 2. The van der Waals surface area contributed by atoms with Gasteiger partial charge in [0, 0.05) is 0 Å². The van der Waals surface area contributed by atoms with Crippen LogP contribution in [0.3, 0.4) is 0 Å². The van der Waals surface area contributed by atoms with E-state index >= 15 is 0 Å². The first-order valence-corrected chi connectivity index (χ1v) is 3.19. The van der Waals surface area contributed by atoms with Gasteiger partial charge in [-0.25, -0.2) is 0 Å². The van der Waals surface area contributed by atoms with Gasteiger partial charge in [-0.3, -0.25) is 0 Å². The van der Waals surface area contributed by atoms with Gasteiger partial charge in [0.25, 0.3) is 0 Å². The fraction of sp³-hybridized carbons (Fsp3) is 0.125. The Morgan fingerprint density at radius 3 is 2.00 bits per heavy atom. The largest absolute Gasteiger partial charge is 0.490 e. The molecule has 4 heteroatoms. The Kier molecular flexibility index (Phi) is 2.85. The zero-order valence-corrected chi connectivity index (χ0v) is 6.17. The van der Waals surface area contributed by atoms with E-state index in [-0.39, 0.29) is 5.75 Å². The first-order chi connectivity index (χ1) is 5.72. The molecular formula is C8H7F2O2. The Hall–Kier alpha value is -1.32. The molecule has 1 radical (unpaired) electrons. The third kappa shape index (κ3) is 2.38. The van der Waals surface area contributed by atoms with Crippen molar-refractivity contribution in [3.8, 4) is 11.5 Å². The standard InChI is InChI=1S/C8H7F2O2/c1-11-6-2-4-7(5-3-6)12-8(9)10/h2-5,8H,1H2. The van der Waals surface area contributed by atoms with E-state index in [0.29, 0.717) is 5.75 Å². The second-order valence-electron chi connectivity index (χ2n) is 1.99. The van der Waals surface area contributed by atoms with E-state index < -0.39 is 6.61 Å². The van der Waals surface area contributed by atoms with Gasteiger partial charge in [-0.2, -0.15) is 8.78 Å². The molecule has 0 unspecified atom stereocenters. The van der Waals surface area contributed by atoms with E-state index in [4.69, 9.17) is 0 Å². The van der Waals surface area contributed by atoms with Gasteiger partial charge >= 0.3 is 6.61 Å². The summed E-state index contributed by atoms with van der Waals surface area (Å²) in [5.41, 5.74) is 0. The quantitative estimate of drug-likeness (QED) is 0.698. The molecular weight excluding hydrogens is 166 g/mol. The summed E-state index contributed by atoms with van der Waals surface area (Å²) in [5, 5.41) is 0. The normalized spacial score (nSPS) is 10.0. The van der Waals surface area contributed by atoms with Crippen molar-refractivity contribution < 1.29 is 18.3 Å². The molecule has 0 spiro atoms. The summed E-state index contributed by atoms with van der Waals surface area (Å²) in [6.07, 6.45) is 0. The minimum atomic E-state index is -2.79. The summed E-state index contributed by atoms with van der Waals surface area (Å²) in [6, 6.07) is 5.74. The number of halogens is 2. The highest BCUT2D eigenvalue weighted by Gasteiger charge is 2.02. The number of alkyl halides is 2. The highest BCUT2D eigenvalue weighted by molar-refractivity contribution is 5.31.